The van der Waals surface area contributed by atoms with Gasteiger partial charge in [0, 0.05) is 15.6 Å². The molecule has 0 heterocycles. The zero-order valence-corrected chi connectivity index (χ0v) is 12.5. The molecule has 0 saturated heterocycles. The molecule has 0 aliphatic heterocycles. The Hall–Kier alpha value is -1.02. The fraction of sp³-hybridized carbons (Fsp3) is 0.294. The van der Waals surface area contributed by atoms with Crippen molar-refractivity contribution in [2.24, 2.45) is 5.92 Å². The van der Waals surface area contributed by atoms with E-state index in [9.17, 15) is 5.11 Å². The van der Waals surface area contributed by atoms with Gasteiger partial charge in [-0.25, -0.2) is 0 Å². The molecule has 1 N–H and O–H groups in total. The fourth-order valence-electron chi connectivity index (χ4n) is 2.99. The number of aliphatic hydroxyl groups excluding tert-OH is 1. The van der Waals surface area contributed by atoms with Gasteiger partial charge in [-0.3, -0.25) is 0 Å². The van der Waals surface area contributed by atoms with Crippen LogP contribution in [0.5, 0.6) is 0 Å². The van der Waals surface area contributed by atoms with Gasteiger partial charge in [-0.15, -0.1) is 0 Å². The average Bonchev–Trinajstić information content (AvgIpc) is 2.48. The van der Waals surface area contributed by atoms with E-state index in [1.165, 1.54) is 11.1 Å². The van der Waals surface area contributed by atoms with E-state index >= 15 is 0 Å². The molecule has 20 heavy (non-hydrogen) atoms. The second-order valence-corrected chi connectivity index (χ2v) is 6.23. The van der Waals surface area contributed by atoms with E-state index < -0.39 is 6.10 Å². The first-order valence-corrected chi connectivity index (χ1v) is 7.60. The summed E-state index contributed by atoms with van der Waals surface area (Å²) < 4.78 is 0. The van der Waals surface area contributed by atoms with E-state index in [-0.39, 0.29) is 5.92 Å². The predicted octanol–water partition coefficient (Wildman–Crippen LogP) is 4.83. The Morgan fingerprint density at radius 1 is 1.05 bits per heavy atom. The highest BCUT2D eigenvalue weighted by Gasteiger charge is 2.27. The van der Waals surface area contributed by atoms with Gasteiger partial charge in [0.15, 0.2) is 0 Å². The molecule has 104 valence electrons. The maximum absolute atomic E-state index is 10.6. The van der Waals surface area contributed by atoms with E-state index in [0.29, 0.717) is 10.0 Å². The summed E-state index contributed by atoms with van der Waals surface area (Å²) >= 11 is 12.2. The van der Waals surface area contributed by atoms with Crippen LogP contribution in [0.2, 0.25) is 10.0 Å². The molecular weight excluding hydrogens is 291 g/mol. The summed E-state index contributed by atoms with van der Waals surface area (Å²) in [6.07, 6.45) is 2.31. The number of aryl methyl sites for hydroxylation is 1. The predicted molar refractivity (Wildman–Crippen MR) is 83.4 cm³/mol. The van der Waals surface area contributed by atoms with Crippen LogP contribution in [0.15, 0.2) is 42.5 Å². The quantitative estimate of drug-likeness (QED) is 0.842. The number of benzene rings is 2. The Morgan fingerprint density at radius 2 is 1.80 bits per heavy atom. The van der Waals surface area contributed by atoms with Crippen molar-refractivity contribution in [3.05, 3.63) is 69.2 Å². The van der Waals surface area contributed by atoms with E-state index in [0.717, 1.165) is 24.8 Å². The maximum atomic E-state index is 10.6. The molecule has 3 heteroatoms. The largest absolute Gasteiger partial charge is 0.388 e. The number of halogens is 2. The average molecular weight is 307 g/mol. The van der Waals surface area contributed by atoms with Crippen molar-refractivity contribution < 1.29 is 5.11 Å². The summed E-state index contributed by atoms with van der Waals surface area (Å²) in [5.74, 6) is 0.195. The van der Waals surface area contributed by atoms with Gasteiger partial charge < -0.3 is 5.11 Å². The molecule has 0 radical (unpaired) electrons. The molecule has 1 nitrogen and oxygen atoms in total. The zero-order chi connectivity index (χ0) is 14.1. The Labute approximate surface area is 129 Å². The molecule has 0 spiro atoms. The molecule has 0 bridgehead atoms. The second kappa shape index (κ2) is 5.77. The number of hydrogen-bond acceptors (Lipinski definition) is 1. The first kappa shape index (κ1) is 13.9. The second-order valence-electron chi connectivity index (χ2n) is 5.38. The van der Waals surface area contributed by atoms with Gasteiger partial charge in [0.1, 0.15) is 0 Å². The number of aliphatic hydroxyl groups is 1. The molecule has 0 fully saturated rings. The molecule has 1 aliphatic rings. The van der Waals surface area contributed by atoms with Crippen molar-refractivity contribution in [2.45, 2.75) is 25.4 Å². The molecule has 0 amide bonds. The van der Waals surface area contributed by atoms with Crippen molar-refractivity contribution in [2.75, 3.05) is 0 Å². The first-order chi connectivity index (χ1) is 9.65. The van der Waals surface area contributed by atoms with Gasteiger partial charge in [-0.05, 0) is 54.5 Å². The molecule has 2 atom stereocenters. The Morgan fingerprint density at radius 3 is 2.60 bits per heavy atom. The molecule has 1 aliphatic carbocycles. The van der Waals surface area contributed by atoms with Crippen molar-refractivity contribution >= 4 is 23.2 Å². The van der Waals surface area contributed by atoms with Crippen LogP contribution < -0.4 is 0 Å². The summed E-state index contributed by atoms with van der Waals surface area (Å²) in [6, 6.07) is 13.7. The SMILES string of the molecule is OC(c1cc(Cl)ccc1Cl)C1CCc2ccccc2C1. The highest BCUT2D eigenvalue weighted by molar-refractivity contribution is 6.33. The highest BCUT2D eigenvalue weighted by Crippen LogP contribution is 2.37. The van der Waals surface area contributed by atoms with Crippen LogP contribution in [0.25, 0.3) is 0 Å². The number of rotatable bonds is 2. The Balaban J connectivity index is 1.85. The van der Waals surface area contributed by atoms with E-state index in [1.807, 2.05) is 0 Å². The van der Waals surface area contributed by atoms with E-state index in [4.69, 9.17) is 23.2 Å². The van der Waals surface area contributed by atoms with Gasteiger partial charge in [0.2, 0.25) is 0 Å². The molecule has 0 saturated carbocycles. The third-order valence-corrected chi connectivity index (χ3v) is 4.69. The lowest BCUT2D eigenvalue weighted by Gasteiger charge is -2.29. The molecule has 2 aromatic carbocycles. The lowest BCUT2D eigenvalue weighted by Crippen LogP contribution is -2.21. The number of hydrogen-bond donors (Lipinski definition) is 1. The number of fused-ring (bicyclic) bond motifs is 1. The van der Waals surface area contributed by atoms with Crippen LogP contribution in [0.3, 0.4) is 0 Å². The van der Waals surface area contributed by atoms with Crippen molar-refractivity contribution in [1.82, 2.24) is 0 Å². The molecule has 0 aromatic heterocycles. The topological polar surface area (TPSA) is 20.2 Å². The van der Waals surface area contributed by atoms with Crippen LogP contribution >= 0.6 is 23.2 Å². The third kappa shape index (κ3) is 2.71. The summed E-state index contributed by atoms with van der Waals surface area (Å²) in [7, 11) is 0. The minimum atomic E-state index is -0.561. The van der Waals surface area contributed by atoms with Gasteiger partial charge >= 0.3 is 0 Å². The van der Waals surface area contributed by atoms with Crippen molar-refractivity contribution in [3.63, 3.8) is 0 Å². The monoisotopic (exact) mass is 306 g/mol. The normalized spacial score (nSPS) is 19.4. The highest BCUT2D eigenvalue weighted by atomic mass is 35.5. The lowest BCUT2D eigenvalue weighted by molar-refractivity contribution is 0.0996. The summed E-state index contributed by atoms with van der Waals surface area (Å²) in [5.41, 5.74) is 3.47. The molecule has 3 rings (SSSR count). The zero-order valence-electron chi connectivity index (χ0n) is 11.0. The molecule has 2 aromatic rings. The van der Waals surface area contributed by atoms with Crippen LogP contribution in [-0.2, 0) is 12.8 Å². The van der Waals surface area contributed by atoms with Gasteiger partial charge in [-0.2, -0.15) is 0 Å². The van der Waals surface area contributed by atoms with Crippen molar-refractivity contribution in [3.8, 4) is 0 Å². The summed E-state index contributed by atoms with van der Waals surface area (Å²) in [4.78, 5) is 0. The summed E-state index contributed by atoms with van der Waals surface area (Å²) in [5, 5.41) is 11.8. The van der Waals surface area contributed by atoms with Crippen LogP contribution in [0.4, 0.5) is 0 Å². The van der Waals surface area contributed by atoms with Gasteiger partial charge in [-0.1, -0.05) is 47.5 Å². The van der Waals surface area contributed by atoms with Crippen molar-refractivity contribution in [1.29, 1.82) is 0 Å². The lowest BCUT2D eigenvalue weighted by atomic mass is 9.79. The first-order valence-electron chi connectivity index (χ1n) is 6.85. The Kier molecular flexibility index (Phi) is 4.02. The van der Waals surface area contributed by atoms with Crippen LogP contribution in [-0.4, -0.2) is 5.11 Å². The maximum Gasteiger partial charge on any atom is 0.0836 e. The Bertz CT molecular complexity index is 624. The van der Waals surface area contributed by atoms with Crippen LogP contribution in [0, 0.1) is 5.92 Å². The van der Waals surface area contributed by atoms with Gasteiger partial charge in [0.25, 0.3) is 0 Å². The molecule has 2 unspecified atom stereocenters. The molecular formula is C17H16Cl2O. The third-order valence-electron chi connectivity index (χ3n) is 4.11. The minimum Gasteiger partial charge on any atom is -0.388 e. The van der Waals surface area contributed by atoms with Crippen LogP contribution in [0.1, 0.15) is 29.2 Å². The van der Waals surface area contributed by atoms with E-state index in [1.54, 1.807) is 18.2 Å². The fourth-order valence-corrected chi connectivity index (χ4v) is 3.40. The minimum absolute atomic E-state index is 0.195. The van der Waals surface area contributed by atoms with E-state index in [2.05, 4.69) is 24.3 Å². The summed E-state index contributed by atoms with van der Waals surface area (Å²) in [6.45, 7) is 0. The standard InChI is InChI=1S/C17H16Cl2O/c18-14-7-8-16(19)15(10-14)17(20)13-6-5-11-3-1-2-4-12(11)9-13/h1-4,7-8,10,13,17,20H,5-6,9H2. The van der Waals surface area contributed by atoms with Gasteiger partial charge in [0.05, 0.1) is 6.10 Å². The smallest absolute Gasteiger partial charge is 0.0836 e.